The number of nitrogens with zero attached hydrogens (tertiary/aromatic N) is 2. The second kappa shape index (κ2) is 6.34. The highest BCUT2D eigenvalue weighted by atomic mass is 16.5. The van der Waals surface area contributed by atoms with Crippen molar-refractivity contribution in [3.8, 4) is 5.75 Å². The topological polar surface area (TPSA) is 41.7 Å². The van der Waals surface area contributed by atoms with E-state index < -0.39 is 0 Å². The highest BCUT2D eigenvalue weighted by molar-refractivity contribution is 5.35. The summed E-state index contributed by atoms with van der Waals surface area (Å²) in [6.07, 6.45) is 3.97. The molecule has 2 bridgehead atoms. The zero-order chi connectivity index (χ0) is 14.8. The number of benzene rings is 1. The van der Waals surface area contributed by atoms with Crippen molar-refractivity contribution in [2.75, 3.05) is 33.8 Å². The molecule has 4 nitrogen and oxygen atoms in total. The van der Waals surface area contributed by atoms with Crippen LogP contribution < -0.4 is 10.5 Å². The molecule has 3 rings (SSSR count). The molecule has 0 spiro atoms. The number of likely N-dealkylation sites (tertiary alicyclic amines) is 1. The van der Waals surface area contributed by atoms with Crippen LogP contribution in [-0.4, -0.2) is 55.7 Å². The van der Waals surface area contributed by atoms with Gasteiger partial charge >= 0.3 is 0 Å². The van der Waals surface area contributed by atoms with E-state index in [1.165, 1.54) is 19.3 Å². The normalized spacial score (nSPS) is 28.3. The first-order valence-corrected chi connectivity index (χ1v) is 8.02. The van der Waals surface area contributed by atoms with Crippen molar-refractivity contribution in [1.82, 2.24) is 9.80 Å². The number of likely N-dealkylation sites (N-methyl/N-ethyl adjacent to an activating group) is 1. The van der Waals surface area contributed by atoms with Crippen LogP contribution in [0.3, 0.4) is 0 Å². The fraction of sp³-hybridized carbons (Fsp3) is 0.647. The Morgan fingerprint density at radius 3 is 2.81 bits per heavy atom. The van der Waals surface area contributed by atoms with E-state index in [2.05, 4.69) is 22.9 Å². The van der Waals surface area contributed by atoms with E-state index in [9.17, 15) is 0 Å². The van der Waals surface area contributed by atoms with Crippen LogP contribution in [-0.2, 0) is 0 Å². The summed E-state index contributed by atoms with van der Waals surface area (Å²) in [6, 6.07) is 9.62. The average Bonchev–Trinajstić information content (AvgIpc) is 2.75. The van der Waals surface area contributed by atoms with Crippen LogP contribution in [0.25, 0.3) is 0 Å². The van der Waals surface area contributed by atoms with Gasteiger partial charge in [0, 0.05) is 36.8 Å². The van der Waals surface area contributed by atoms with Gasteiger partial charge in [-0.1, -0.05) is 18.2 Å². The zero-order valence-corrected chi connectivity index (χ0v) is 13.2. The Bertz CT molecular complexity index is 479. The van der Waals surface area contributed by atoms with E-state index in [4.69, 9.17) is 10.5 Å². The second-order valence-corrected chi connectivity index (χ2v) is 6.45. The number of hydrogen-bond acceptors (Lipinski definition) is 4. The Hall–Kier alpha value is -1.10. The third kappa shape index (κ3) is 3.07. The molecular formula is C17H27N3O. The maximum atomic E-state index is 6.45. The fourth-order valence-electron chi connectivity index (χ4n) is 3.89. The maximum absolute atomic E-state index is 6.45. The summed E-state index contributed by atoms with van der Waals surface area (Å²) < 4.78 is 5.44. The first kappa shape index (κ1) is 14.8. The number of para-hydroxylation sites is 1. The molecule has 4 heteroatoms. The summed E-state index contributed by atoms with van der Waals surface area (Å²) >= 11 is 0. The van der Waals surface area contributed by atoms with Crippen LogP contribution in [0.5, 0.6) is 5.75 Å². The average molecular weight is 289 g/mol. The number of rotatable bonds is 4. The van der Waals surface area contributed by atoms with E-state index >= 15 is 0 Å². The molecule has 3 atom stereocenters. The van der Waals surface area contributed by atoms with Gasteiger partial charge in [-0.3, -0.25) is 9.80 Å². The molecule has 2 N–H and O–H groups in total. The standard InChI is InChI=1S/C17H27N3O/c1-19-13-7-8-14(19)11-20(10-9-13)12-16(18)15-5-3-4-6-17(15)21-2/h3-6,13-14,16H,7-12,18H2,1-2H3. The summed E-state index contributed by atoms with van der Waals surface area (Å²) in [5.74, 6) is 0.901. The zero-order valence-electron chi connectivity index (χ0n) is 13.2. The molecule has 2 heterocycles. The Morgan fingerprint density at radius 2 is 2.00 bits per heavy atom. The minimum absolute atomic E-state index is 0.0167. The van der Waals surface area contributed by atoms with Crippen molar-refractivity contribution < 1.29 is 4.74 Å². The molecule has 116 valence electrons. The molecule has 0 saturated carbocycles. The highest BCUT2D eigenvalue weighted by Crippen LogP contribution is 2.30. The Kier molecular flexibility index (Phi) is 4.48. The molecule has 0 radical (unpaired) electrons. The third-order valence-corrected chi connectivity index (χ3v) is 5.23. The second-order valence-electron chi connectivity index (χ2n) is 6.45. The molecule has 2 aliphatic heterocycles. The lowest BCUT2D eigenvalue weighted by Crippen LogP contribution is -2.39. The van der Waals surface area contributed by atoms with Crippen molar-refractivity contribution in [3.05, 3.63) is 29.8 Å². The Labute approximate surface area is 127 Å². The predicted octanol–water partition coefficient (Wildman–Crippen LogP) is 1.86. The maximum Gasteiger partial charge on any atom is 0.123 e. The van der Waals surface area contributed by atoms with Crippen molar-refractivity contribution >= 4 is 0 Å². The summed E-state index contributed by atoms with van der Waals surface area (Å²) in [4.78, 5) is 5.12. The van der Waals surface area contributed by atoms with Crippen molar-refractivity contribution in [2.24, 2.45) is 5.73 Å². The van der Waals surface area contributed by atoms with Gasteiger partial charge in [0.15, 0.2) is 0 Å². The predicted molar refractivity (Wildman–Crippen MR) is 85.6 cm³/mol. The molecule has 3 unspecified atom stereocenters. The van der Waals surface area contributed by atoms with Gasteiger partial charge in [-0.25, -0.2) is 0 Å². The minimum atomic E-state index is 0.0167. The summed E-state index contributed by atoms with van der Waals surface area (Å²) in [5, 5.41) is 0. The van der Waals surface area contributed by atoms with Gasteiger partial charge < -0.3 is 10.5 Å². The van der Waals surface area contributed by atoms with Crippen LogP contribution in [0.4, 0.5) is 0 Å². The van der Waals surface area contributed by atoms with E-state index in [0.717, 1.165) is 37.0 Å². The smallest absolute Gasteiger partial charge is 0.123 e. The van der Waals surface area contributed by atoms with Crippen LogP contribution >= 0.6 is 0 Å². The van der Waals surface area contributed by atoms with Gasteiger partial charge in [-0.2, -0.15) is 0 Å². The van der Waals surface area contributed by atoms with E-state index in [0.29, 0.717) is 6.04 Å². The highest BCUT2D eigenvalue weighted by Gasteiger charge is 2.34. The Balaban J connectivity index is 1.66. The van der Waals surface area contributed by atoms with Crippen LogP contribution in [0.2, 0.25) is 0 Å². The number of nitrogens with two attached hydrogens (primary N) is 1. The monoisotopic (exact) mass is 289 g/mol. The summed E-state index contributed by atoms with van der Waals surface area (Å²) in [6.45, 7) is 3.22. The SMILES string of the molecule is COc1ccccc1C(N)CN1CCC2CCC(C1)N2C. The van der Waals surface area contributed by atoms with Crippen LogP contribution in [0.1, 0.15) is 30.9 Å². The first-order valence-electron chi connectivity index (χ1n) is 8.02. The third-order valence-electron chi connectivity index (χ3n) is 5.23. The van der Waals surface area contributed by atoms with Crippen LogP contribution in [0, 0.1) is 0 Å². The van der Waals surface area contributed by atoms with Gasteiger partial charge in [0.1, 0.15) is 5.75 Å². The van der Waals surface area contributed by atoms with Gasteiger partial charge in [0.25, 0.3) is 0 Å². The number of fused-ring (bicyclic) bond motifs is 2. The molecule has 1 aromatic rings. The van der Waals surface area contributed by atoms with E-state index in [1.807, 2.05) is 18.2 Å². The summed E-state index contributed by atoms with van der Waals surface area (Å²) in [5.41, 5.74) is 7.56. The molecule has 2 aliphatic rings. The lowest BCUT2D eigenvalue weighted by Gasteiger charge is -2.28. The summed E-state index contributed by atoms with van der Waals surface area (Å²) in [7, 11) is 4.00. The number of ether oxygens (including phenoxy) is 1. The molecule has 0 amide bonds. The van der Waals surface area contributed by atoms with Crippen molar-refractivity contribution in [1.29, 1.82) is 0 Å². The number of methoxy groups -OCH3 is 1. The minimum Gasteiger partial charge on any atom is -0.496 e. The molecule has 1 aromatic carbocycles. The van der Waals surface area contributed by atoms with Gasteiger partial charge in [0.05, 0.1) is 7.11 Å². The molecule has 2 fully saturated rings. The quantitative estimate of drug-likeness (QED) is 0.919. The largest absolute Gasteiger partial charge is 0.496 e. The molecule has 2 saturated heterocycles. The molecular weight excluding hydrogens is 262 g/mol. The lowest BCUT2D eigenvalue weighted by atomic mass is 10.0. The first-order chi connectivity index (χ1) is 10.2. The molecule has 21 heavy (non-hydrogen) atoms. The van der Waals surface area contributed by atoms with Crippen molar-refractivity contribution in [3.63, 3.8) is 0 Å². The van der Waals surface area contributed by atoms with Crippen molar-refractivity contribution in [2.45, 2.75) is 37.4 Å². The molecule has 0 aromatic heterocycles. The Morgan fingerprint density at radius 1 is 1.24 bits per heavy atom. The van der Waals surface area contributed by atoms with E-state index in [1.54, 1.807) is 7.11 Å². The van der Waals surface area contributed by atoms with Gasteiger partial charge in [-0.15, -0.1) is 0 Å². The fourth-order valence-corrected chi connectivity index (χ4v) is 3.89. The van der Waals surface area contributed by atoms with E-state index in [-0.39, 0.29) is 6.04 Å². The van der Waals surface area contributed by atoms with Gasteiger partial charge in [-0.05, 0) is 38.9 Å². The lowest BCUT2D eigenvalue weighted by molar-refractivity contribution is 0.211. The van der Waals surface area contributed by atoms with Crippen LogP contribution in [0.15, 0.2) is 24.3 Å². The molecule has 0 aliphatic carbocycles. The van der Waals surface area contributed by atoms with Gasteiger partial charge in [0.2, 0.25) is 0 Å². The number of hydrogen-bond donors (Lipinski definition) is 1.